The van der Waals surface area contributed by atoms with Crippen molar-refractivity contribution in [1.29, 1.82) is 0 Å². The van der Waals surface area contributed by atoms with Gasteiger partial charge in [-0.2, -0.15) is 0 Å². The SMILES string of the molecule is CCC[CH2][Sn]([F])[F]. The fourth-order valence-corrected chi connectivity index (χ4v) is 2.08. The number of unbranched alkanes of at least 4 members (excludes halogenated alkanes) is 1. The third-order valence-electron chi connectivity index (χ3n) is 0.719. The van der Waals surface area contributed by atoms with Crippen molar-refractivity contribution in [2.24, 2.45) is 0 Å². The van der Waals surface area contributed by atoms with Gasteiger partial charge in [0.2, 0.25) is 0 Å². The van der Waals surface area contributed by atoms with Crippen molar-refractivity contribution in [3.63, 3.8) is 0 Å². The second-order valence-corrected chi connectivity index (χ2v) is 4.80. The van der Waals surface area contributed by atoms with Crippen LogP contribution in [0.4, 0.5) is 5.73 Å². The van der Waals surface area contributed by atoms with Crippen LogP contribution in [0.1, 0.15) is 19.8 Å². The second-order valence-electron chi connectivity index (χ2n) is 1.44. The van der Waals surface area contributed by atoms with Gasteiger partial charge in [-0.25, -0.2) is 0 Å². The average Bonchev–Trinajstić information content (AvgIpc) is 1.61. The Hall–Kier alpha value is 0.659. The van der Waals surface area contributed by atoms with Crippen molar-refractivity contribution >= 4 is 20.9 Å². The van der Waals surface area contributed by atoms with E-state index >= 15 is 0 Å². The maximum absolute atomic E-state index is 11.4. The first-order chi connectivity index (χ1) is 3.27. The van der Waals surface area contributed by atoms with Crippen molar-refractivity contribution in [1.82, 2.24) is 0 Å². The van der Waals surface area contributed by atoms with Crippen molar-refractivity contribution in [2.75, 3.05) is 0 Å². The third kappa shape index (κ3) is 6.66. The topological polar surface area (TPSA) is 0 Å². The molecular weight excluding hydrogens is 205 g/mol. The van der Waals surface area contributed by atoms with Gasteiger partial charge in [0.25, 0.3) is 0 Å². The zero-order valence-corrected chi connectivity index (χ0v) is 7.23. The minimum atomic E-state index is -3.64. The van der Waals surface area contributed by atoms with Crippen LogP contribution >= 0.6 is 0 Å². The molecule has 43 valence electrons. The molecule has 0 bridgehead atoms. The molecule has 0 aliphatic carbocycles. The first-order valence-electron chi connectivity index (χ1n) is 2.44. The normalized spacial score (nSPS) is 10.3. The molecule has 0 aromatic heterocycles. The molecule has 0 unspecified atom stereocenters. The second kappa shape index (κ2) is 4.81. The Kier molecular flexibility index (Phi) is 5.26. The molecule has 0 spiro atoms. The van der Waals surface area contributed by atoms with Gasteiger partial charge in [0, 0.05) is 0 Å². The van der Waals surface area contributed by atoms with E-state index in [0.29, 0.717) is 0 Å². The molecule has 3 heteroatoms. The molecule has 1 radical (unpaired) electrons. The summed E-state index contributed by atoms with van der Waals surface area (Å²) < 4.78 is 23.1. The molecule has 0 aromatic carbocycles. The van der Waals surface area contributed by atoms with Gasteiger partial charge in [-0.05, 0) is 0 Å². The van der Waals surface area contributed by atoms with Crippen molar-refractivity contribution < 1.29 is 5.73 Å². The van der Waals surface area contributed by atoms with Crippen LogP contribution in [0.5, 0.6) is 0 Å². The molecule has 0 atom stereocenters. The van der Waals surface area contributed by atoms with E-state index in [0.717, 1.165) is 12.8 Å². The fraction of sp³-hybridized carbons (Fsp3) is 1.00. The molecule has 0 nitrogen and oxygen atoms in total. The van der Waals surface area contributed by atoms with E-state index in [4.69, 9.17) is 0 Å². The fourth-order valence-electron chi connectivity index (χ4n) is 0.310. The number of hydrogen-bond acceptors (Lipinski definition) is 0. The molecule has 0 saturated carbocycles. The van der Waals surface area contributed by atoms with E-state index in [1.54, 1.807) is 0 Å². The van der Waals surface area contributed by atoms with Crippen molar-refractivity contribution in [3.8, 4) is 0 Å². The maximum atomic E-state index is 11.4. The van der Waals surface area contributed by atoms with Gasteiger partial charge in [-0.1, -0.05) is 0 Å². The summed E-state index contributed by atoms with van der Waals surface area (Å²) in [5, 5.41) is 0. The molecule has 0 aromatic rings. The molecule has 0 rings (SSSR count). The summed E-state index contributed by atoms with van der Waals surface area (Å²) in [6, 6.07) is 0. The predicted molar refractivity (Wildman–Crippen MR) is 27.7 cm³/mol. The van der Waals surface area contributed by atoms with E-state index in [-0.39, 0.29) is 4.44 Å². The molecule has 0 N–H and O–H groups in total. The summed E-state index contributed by atoms with van der Waals surface area (Å²) in [7, 11) is 0. The molecule has 0 aliphatic heterocycles. The average molecular weight is 214 g/mol. The summed E-state index contributed by atoms with van der Waals surface area (Å²) in [5.41, 5.74) is 0. The molecule has 0 fully saturated rings. The van der Waals surface area contributed by atoms with Gasteiger partial charge in [0.05, 0.1) is 0 Å². The van der Waals surface area contributed by atoms with Gasteiger partial charge in [-0.3, -0.25) is 0 Å². The van der Waals surface area contributed by atoms with Crippen molar-refractivity contribution in [3.05, 3.63) is 0 Å². The Labute approximate surface area is 51.2 Å². The third-order valence-corrected chi connectivity index (χ3v) is 2.81. The number of halogens is 2. The molecule has 0 heterocycles. The molecular formula is C4H9F2Sn. The standard InChI is InChI=1S/C4H9.2FH.Sn/c1-3-4-2;;;/h1,3-4H2,2H3;2*1H;/q;;;+2/p-2. The first-order valence-corrected chi connectivity index (χ1v) is 6.61. The van der Waals surface area contributed by atoms with Crippen LogP contribution in [0.2, 0.25) is 4.44 Å². The quantitative estimate of drug-likeness (QED) is 0.631. The van der Waals surface area contributed by atoms with Crippen LogP contribution in [-0.4, -0.2) is 20.9 Å². The van der Waals surface area contributed by atoms with E-state index in [2.05, 4.69) is 0 Å². The van der Waals surface area contributed by atoms with Crippen LogP contribution in [0.15, 0.2) is 0 Å². The Morgan fingerprint density at radius 1 is 1.43 bits per heavy atom. The number of hydrogen-bond donors (Lipinski definition) is 0. The van der Waals surface area contributed by atoms with Gasteiger partial charge in [-0.15, -0.1) is 0 Å². The molecule has 0 saturated heterocycles. The monoisotopic (exact) mass is 215 g/mol. The first kappa shape index (κ1) is 7.66. The Morgan fingerprint density at radius 3 is 2.14 bits per heavy atom. The Bertz CT molecular complexity index is 38.7. The molecule has 0 amide bonds. The van der Waals surface area contributed by atoms with Crippen LogP contribution in [0.3, 0.4) is 0 Å². The summed E-state index contributed by atoms with van der Waals surface area (Å²) >= 11 is -3.64. The van der Waals surface area contributed by atoms with Crippen LogP contribution in [0, 0.1) is 0 Å². The summed E-state index contributed by atoms with van der Waals surface area (Å²) in [6.07, 6.45) is 1.65. The Balaban J connectivity index is 2.68. The summed E-state index contributed by atoms with van der Waals surface area (Å²) in [6.45, 7) is 1.94. The summed E-state index contributed by atoms with van der Waals surface area (Å²) in [4.78, 5) is 0. The van der Waals surface area contributed by atoms with E-state index in [1.807, 2.05) is 6.92 Å². The van der Waals surface area contributed by atoms with Crippen LogP contribution < -0.4 is 0 Å². The van der Waals surface area contributed by atoms with Gasteiger partial charge in [0.1, 0.15) is 0 Å². The van der Waals surface area contributed by atoms with Crippen molar-refractivity contribution in [2.45, 2.75) is 24.2 Å². The van der Waals surface area contributed by atoms with E-state index in [9.17, 15) is 5.73 Å². The molecule has 0 aliphatic rings. The predicted octanol–water partition coefficient (Wildman–Crippen LogP) is 2.21. The van der Waals surface area contributed by atoms with Gasteiger partial charge >= 0.3 is 50.8 Å². The Morgan fingerprint density at radius 2 is 2.00 bits per heavy atom. The van der Waals surface area contributed by atoms with Crippen LogP contribution in [0.25, 0.3) is 0 Å². The minimum absolute atomic E-state index is 0.263. The van der Waals surface area contributed by atoms with E-state index in [1.165, 1.54) is 0 Å². The van der Waals surface area contributed by atoms with E-state index < -0.39 is 20.9 Å². The van der Waals surface area contributed by atoms with Gasteiger partial charge in [0.15, 0.2) is 0 Å². The van der Waals surface area contributed by atoms with Crippen LogP contribution in [-0.2, 0) is 0 Å². The zero-order valence-electron chi connectivity index (χ0n) is 4.38. The summed E-state index contributed by atoms with van der Waals surface area (Å²) in [5.74, 6) is 0. The number of rotatable bonds is 3. The molecule has 7 heavy (non-hydrogen) atoms. The zero-order chi connectivity index (χ0) is 5.70. The van der Waals surface area contributed by atoms with Gasteiger partial charge < -0.3 is 0 Å².